The average Bonchev–Trinajstić information content (AvgIpc) is 3.22. The van der Waals surface area contributed by atoms with Crippen molar-refractivity contribution < 1.29 is 27.5 Å². The molecule has 0 saturated carbocycles. The van der Waals surface area contributed by atoms with E-state index in [1.165, 1.54) is 12.1 Å². The summed E-state index contributed by atoms with van der Waals surface area (Å²) in [5.74, 6) is -3.05. The van der Waals surface area contributed by atoms with E-state index in [2.05, 4.69) is 10.2 Å². The molecule has 2 heterocycles. The lowest BCUT2D eigenvalue weighted by Crippen LogP contribution is -2.21. The summed E-state index contributed by atoms with van der Waals surface area (Å²) in [5.41, 5.74) is 8.78. The van der Waals surface area contributed by atoms with Gasteiger partial charge in [-0.2, -0.15) is 23.4 Å². The smallest absolute Gasteiger partial charge is 0.475 e. The number of aromatic nitrogens is 4. The molecule has 27 heavy (non-hydrogen) atoms. The van der Waals surface area contributed by atoms with Gasteiger partial charge in [-0.1, -0.05) is 0 Å². The molecular formula is C16H15F4N5O2. The van der Waals surface area contributed by atoms with Gasteiger partial charge in [-0.05, 0) is 29.3 Å². The van der Waals surface area contributed by atoms with Crippen LogP contribution in [-0.4, -0.2) is 36.8 Å². The van der Waals surface area contributed by atoms with E-state index in [-0.39, 0.29) is 5.82 Å². The predicted molar refractivity (Wildman–Crippen MR) is 87.3 cm³/mol. The standard InChI is InChI=1S/C14H14FN5.C2HF3O2/c1-19-9-14(7-17-19)20-8-12(6-18-20)11-2-10(5-16)3-13(15)4-11;3-2(4,5)1(6)7/h2-4,6-9H,5,16H2,1H3;(H,6,7). The molecule has 0 atom stereocenters. The Kier molecular flexibility index (Phi) is 5.95. The van der Waals surface area contributed by atoms with E-state index in [0.29, 0.717) is 6.54 Å². The third-order valence-electron chi connectivity index (χ3n) is 3.31. The van der Waals surface area contributed by atoms with E-state index in [4.69, 9.17) is 15.6 Å². The summed E-state index contributed by atoms with van der Waals surface area (Å²) in [4.78, 5) is 8.90. The van der Waals surface area contributed by atoms with Crippen molar-refractivity contribution in [3.05, 3.63) is 54.4 Å². The minimum atomic E-state index is -5.08. The maximum absolute atomic E-state index is 13.5. The first-order valence-corrected chi connectivity index (χ1v) is 7.44. The number of carbonyl (C=O) groups is 1. The van der Waals surface area contributed by atoms with Crippen LogP contribution in [0.15, 0.2) is 43.0 Å². The molecule has 0 bridgehead atoms. The molecule has 0 amide bonds. The van der Waals surface area contributed by atoms with Crippen LogP contribution in [0.5, 0.6) is 0 Å². The summed E-state index contributed by atoms with van der Waals surface area (Å²) in [6.07, 6.45) is 2.02. The largest absolute Gasteiger partial charge is 0.490 e. The Bertz CT molecular complexity index is 933. The number of aliphatic carboxylic acids is 1. The summed E-state index contributed by atoms with van der Waals surface area (Å²) < 4.78 is 48.7. The molecule has 3 rings (SSSR count). The van der Waals surface area contributed by atoms with Gasteiger partial charge < -0.3 is 10.8 Å². The highest BCUT2D eigenvalue weighted by Crippen LogP contribution is 2.22. The van der Waals surface area contributed by atoms with Crippen molar-refractivity contribution >= 4 is 5.97 Å². The SMILES string of the molecule is Cn1cc(-n2cc(-c3cc(F)cc(CN)c3)cn2)cn1.O=C(O)C(F)(F)F. The van der Waals surface area contributed by atoms with Gasteiger partial charge >= 0.3 is 12.1 Å². The second-order valence-corrected chi connectivity index (χ2v) is 5.40. The second kappa shape index (κ2) is 7.99. The molecule has 0 saturated heterocycles. The number of benzene rings is 1. The van der Waals surface area contributed by atoms with E-state index < -0.39 is 12.1 Å². The molecule has 0 spiro atoms. The number of carboxylic acid groups (broad SMARTS) is 1. The predicted octanol–water partition coefficient (Wildman–Crippen LogP) is 2.50. The third-order valence-corrected chi connectivity index (χ3v) is 3.31. The van der Waals surface area contributed by atoms with E-state index in [1.807, 2.05) is 25.5 Å². The number of nitrogens with two attached hydrogens (primary N) is 1. The fraction of sp³-hybridized carbons (Fsp3) is 0.188. The quantitative estimate of drug-likeness (QED) is 0.675. The number of carboxylic acids is 1. The van der Waals surface area contributed by atoms with Gasteiger partial charge in [-0.15, -0.1) is 0 Å². The van der Waals surface area contributed by atoms with Crippen molar-refractivity contribution in [1.82, 2.24) is 19.6 Å². The molecule has 144 valence electrons. The maximum atomic E-state index is 13.5. The van der Waals surface area contributed by atoms with Crippen LogP contribution in [0.1, 0.15) is 5.56 Å². The monoisotopic (exact) mass is 385 g/mol. The lowest BCUT2D eigenvalue weighted by Gasteiger charge is -2.02. The number of halogens is 4. The first-order chi connectivity index (χ1) is 12.6. The zero-order valence-electron chi connectivity index (χ0n) is 14.0. The van der Waals surface area contributed by atoms with Crippen LogP contribution in [0.3, 0.4) is 0 Å². The molecule has 0 aliphatic heterocycles. The molecule has 0 aliphatic carbocycles. The second-order valence-electron chi connectivity index (χ2n) is 5.40. The van der Waals surface area contributed by atoms with Crippen LogP contribution in [0.2, 0.25) is 0 Å². The Morgan fingerprint density at radius 2 is 1.81 bits per heavy atom. The van der Waals surface area contributed by atoms with Crippen molar-refractivity contribution in [3.8, 4) is 16.8 Å². The molecule has 7 nitrogen and oxygen atoms in total. The molecular weight excluding hydrogens is 370 g/mol. The van der Waals surface area contributed by atoms with Crippen molar-refractivity contribution in [2.45, 2.75) is 12.7 Å². The molecule has 0 unspecified atom stereocenters. The minimum absolute atomic E-state index is 0.294. The number of aryl methyl sites for hydroxylation is 1. The van der Waals surface area contributed by atoms with E-state index in [1.54, 1.807) is 21.8 Å². The molecule has 0 fully saturated rings. The molecule has 3 aromatic rings. The van der Waals surface area contributed by atoms with Gasteiger partial charge in [-0.25, -0.2) is 13.9 Å². The van der Waals surface area contributed by atoms with Crippen LogP contribution in [0, 0.1) is 5.82 Å². The summed E-state index contributed by atoms with van der Waals surface area (Å²) in [5, 5.41) is 15.5. The van der Waals surface area contributed by atoms with Crippen LogP contribution in [-0.2, 0) is 18.4 Å². The van der Waals surface area contributed by atoms with Crippen LogP contribution in [0.25, 0.3) is 16.8 Å². The van der Waals surface area contributed by atoms with Gasteiger partial charge in [0.25, 0.3) is 0 Å². The normalized spacial score (nSPS) is 11.0. The molecule has 0 radical (unpaired) electrons. The summed E-state index contributed by atoms with van der Waals surface area (Å²) in [6.45, 7) is 0.307. The van der Waals surface area contributed by atoms with Gasteiger partial charge in [-0.3, -0.25) is 4.68 Å². The lowest BCUT2D eigenvalue weighted by molar-refractivity contribution is -0.192. The van der Waals surface area contributed by atoms with E-state index in [0.717, 1.165) is 22.4 Å². The van der Waals surface area contributed by atoms with Gasteiger partial charge in [0, 0.05) is 25.4 Å². The molecule has 11 heteroatoms. The Morgan fingerprint density at radius 1 is 1.15 bits per heavy atom. The lowest BCUT2D eigenvalue weighted by atomic mass is 10.1. The van der Waals surface area contributed by atoms with Crippen molar-refractivity contribution in [2.24, 2.45) is 12.8 Å². The third kappa shape index (κ3) is 5.38. The average molecular weight is 385 g/mol. The number of nitrogens with zero attached hydrogens (tertiary/aromatic N) is 4. The number of rotatable bonds is 3. The molecule has 1 aromatic carbocycles. The van der Waals surface area contributed by atoms with Crippen molar-refractivity contribution in [1.29, 1.82) is 0 Å². The Balaban J connectivity index is 0.000000321. The Morgan fingerprint density at radius 3 is 2.33 bits per heavy atom. The van der Waals surface area contributed by atoms with Gasteiger partial charge in [0.2, 0.25) is 0 Å². The van der Waals surface area contributed by atoms with Crippen LogP contribution in [0.4, 0.5) is 17.6 Å². The van der Waals surface area contributed by atoms with E-state index >= 15 is 0 Å². The van der Waals surface area contributed by atoms with Gasteiger partial charge in [0.15, 0.2) is 0 Å². The summed E-state index contributed by atoms with van der Waals surface area (Å²) >= 11 is 0. The number of hydrogen-bond donors (Lipinski definition) is 2. The van der Waals surface area contributed by atoms with Crippen LogP contribution < -0.4 is 5.73 Å². The zero-order chi connectivity index (χ0) is 20.2. The van der Waals surface area contributed by atoms with Crippen molar-refractivity contribution in [3.63, 3.8) is 0 Å². The topological polar surface area (TPSA) is 99.0 Å². The number of alkyl halides is 3. The fourth-order valence-electron chi connectivity index (χ4n) is 2.07. The highest BCUT2D eigenvalue weighted by atomic mass is 19.4. The van der Waals surface area contributed by atoms with Gasteiger partial charge in [0.1, 0.15) is 11.5 Å². The minimum Gasteiger partial charge on any atom is -0.475 e. The highest BCUT2D eigenvalue weighted by Gasteiger charge is 2.38. The van der Waals surface area contributed by atoms with Crippen LogP contribution >= 0.6 is 0 Å². The van der Waals surface area contributed by atoms with E-state index in [9.17, 15) is 17.6 Å². The first kappa shape index (κ1) is 20.1. The molecule has 3 N–H and O–H groups in total. The number of hydrogen-bond acceptors (Lipinski definition) is 4. The van der Waals surface area contributed by atoms with Crippen molar-refractivity contribution in [2.75, 3.05) is 0 Å². The maximum Gasteiger partial charge on any atom is 0.490 e. The first-order valence-electron chi connectivity index (χ1n) is 7.44. The molecule has 0 aliphatic rings. The Hall–Kier alpha value is -3.21. The summed E-state index contributed by atoms with van der Waals surface area (Å²) in [6, 6.07) is 4.78. The Labute approximate surface area is 150 Å². The molecule has 2 aromatic heterocycles. The summed E-state index contributed by atoms with van der Waals surface area (Å²) in [7, 11) is 1.84. The van der Waals surface area contributed by atoms with Gasteiger partial charge in [0.05, 0.1) is 18.6 Å². The zero-order valence-corrected chi connectivity index (χ0v) is 14.0. The fourth-order valence-corrected chi connectivity index (χ4v) is 2.07. The highest BCUT2D eigenvalue weighted by molar-refractivity contribution is 5.73.